The fourth-order valence-electron chi connectivity index (χ4n) is 14.2. The highest BCUT2D eigenvalue weighted by atomic mass is 79.9. The van der Waals surface area contributed by atoms with Gasteiger partial charge in [0.05, 0.1) is 11.2 Å². The van der Waals surface area contributed by atoms with Gasteiger partial charge in [0.1, 0.15) is 0 Å². The van der Waals surface area contributed by atoms with Crippen LogP contribution >= 0.6 is 31.9 Å². The second-order valence-electron chi connectivity index (χ2n) is 26.4. The summed E-state index contributed by atoms with van der Waals surface area (Å²) in [6, 6.07) is 120. The molecule has 0 bridgehead atoms. The third-order valence-electron chi connectivity index (χ3n) is 19.9. The molecule has 1 heterocycles. The van der Waals surface area contributed by atoms with Gasteiger partial charge < -0.3 is 9.31 Å². The van der Waals surface area contributed by atoms with E-state index in [0.717, 1.165) is 14.4 Å². The maximum absolute atomic E-state index is 6.21. The Morgan fingerprint density at radius 3 is 1.03 bits per heavy atom. The van der Waals surface area contributed by atoms with E-state index in [1.165, 1.54) is 155 Å². The molecule has 5 heteroatoms. The number of halogens is 2. The van der Waals surface area contributed by atoms with Crippen LogP contribution in [0.4, 0.5) is 0 Å². The lowest BCUT2D eigenvalue weighted by Crippen LogP contribution is -2.41. The molecule has 3 aliphatic rings. The van der Waals surface area contributed by atoms with Gasteiger partial charge in [-0.05, 0) is 243 Å². The Balaban J connectivity index is 0.000000135. The van der Waals surface area contributed by atoms with Crippen molar-refractivity contribution in [2.75, 3.05) is 0 Å². The van der Waals surface area contributed by atoms with Crippen LogP contribution < -0.4 is 5.46 Å². The maximum Gasteiger partial charge on any atom is 0.494 e. The summed E-state index contributed by atoms with van der Waals surface area (Å²) in [6.07, 6.45) is 0. The predicted molar refractivity (Wildman–Crippen MR) is 418 cm³/mol. The Bertz CT molecular complexity index is 5490. The summed E-state index contributed by atoms with van der Waals surface area (Å²) in [4.78, 5) is 0. The maximum atomic E-state index is 6.21. The lowest BCUT2D eigenvalue weighted by molar-refractivity contribution is 0.00578. The van der Waals surface area contributed by atoms with Gasteiger partial charge in [-0.25, -0.2) is 0 Å². The molecule has 0 amide bonds. The SMILES string of the molecule is Brc1ccc2c(c1)-c1cccc3c(Br)ccc-2c13.CC1(C)OB(c2cccc(-c3cccc(-c4ccccc4)c3)c2)OC1(C)C.c1ccc(-c2cccc(-c3cccc(-c4ccc5c(c4)-c4cccc6c(-c7cccc(-c8cccc(-c9ccccc9)c8)c7)ccc-5c46)c3)c2)cc1. The van der Waals surface area contributed by atoms with Crippen LogP contribution in [0.25, 0.3) is 155 Å². The molecule has 0 unspecified atom stereocenters. The topological polar surface area (TPSA) is 18.5 Å². The molecule has 15 aromatic carbocycles. The molecule has 0 saturated carbocycles. The first-order valence-electron chi connectivity index (χ1n) is 33.2. The monoisotopic (exact) mass is 1370 g/mol. The standard InChI is InChI=1S/C52H34.C24H25BO2.C16H8Br2/c1-3-12-35(13-4-1)37-16-7-18-39(30-37)41-20-9-21-42(32-41)44-26-27-47-50-29-28-46(48-24-11-25-49(52(48)50)51(47)34-44)45-23-10-22-43(33-45)40-19-8-17-38(31-40)36-14-5-2-6-15-36;1-23(2)24(3,4)27-25(26-23)22-15-9-14-21(17-22)20-13-8-12-19(16-20)18-10-6-5-7-11-18;17-9-4-5-10-12-6-7-15(18)13-3-1-2-11(16(12)13)14(10)8-9/h1-34H;5-17H,1-4H3;1-8H. The first kappa shape index (κ1) is 61.6. The van der Waals surface area contributed by atoms with Crippen LogP contribution in [0.3, 0.4) is 0 Å². The van der Waals surface area contributed by atoms with E-state index < -0.39 is 0 Å². The van der Waals surface area contributed by atoms with E-state index in [4.69, 9.17) is 9.31 Å². The molecule has 97 heavy (non-hydrogen) atoms. The van der Waals surface area contributed by atoms with Crippen LogP contribution in [0.15, 0.2) is 343 Å². The average molecular weight is 1380 g/mol. The second kappa shape index (κ2) is 25.7. The molecule has 2 nitrogen and oxygen atoms in total. The lowest BCUT2D eigenvalue weighted by Gasteiger charge is -2.32. The van der Waals surface area contributed by atoms with Crippen LogP contribution in [-0.2, 0) is 9.31 Å². The van der Waals surface area contributed by atoms with Crippen molar-refractivity contribution in [2.45, 2.75) is 38.9 Å². The van der Waals surface area contributed by atoms with Gasteiger partial charge >= 0.3 is 7.12 Å². The van der Waals surface area contributed by atoms with E-state index in [0.29, 0.717) is 0 Å². The number of benzene rings is 15. The summed E-state index contributed by atoms with van der Waals surface area (Å²) >= 11 is 7.21. The number of hydrogen-bond donors (Lipinski definition) is 0. The zero-order valence-electron chi connectivity index (χ0n) is 54.4. The van der Waals surface area contributed by atoms with Gasteiger partial charge in [-0.2, -0.15) is 0 Å². The largest absolute Gasteiger partial charge is 0.494 e. The predicted octanol–water partition coefficient (Wildman–Crippen LogP) is 25.8. The Hall–Kier alpha value is -10.2. The van der Waals surface area contributed by atoms with Gasteiger partial charge in [-0.15, -0.1) is 0 Å². The van der Waals surface area contributed by atoms with Gasteiger partial charge in [-0.1, -0.05) is 311 Å². The fraction of sp³-hybridized carbons (Fsp3) is 0.0652. The molecule has 1 saturated heterocycles. The van der Waals surface area contributed by atoms with Crippen molar-refractivity contribution in [3.05, 3.63) is 343 Å². The highest BCUT2D eigenvalue weighted by molar-refractivity contribution is 9.11. The van der Waals surface area contributed by atoms with Crippen molar-refractivity contribution in [3.63, 3.8) is 0 Å². The molecule has 2 aliphatic carbocycles. The minimum Gasteiger partial charge on any atom is -0.399 e. The molecular formula is C92H67BBr2O2. The van der Waals surface area contributed by atoms with Crippen LogP contribution in [0.1, 0.15) is 27.7 Å². The quantitative estimate of drug-likeness (QED) is 0.134. The Morgan fingerprint density at radius 2 is 0.546 bits per heavy atom. The Labute approximate surface area is 586 Å². The van der Waals surface area contributed by atoms with E-state index >= 15 is 0 Å². The molecule has 0 atom stereocenters. The van der Waals surface area contributed by atoms with Crippen molar-refractivity contribution in [3.8, 4) is 134 Å². The lowest BCUT2D eigenvalue weighted by atomic mass is 9.78. The van der Waals surface area contributed by atoms with Crippen molar-refractivity contribution in [1.29, 1.82) is 0 Å². The van der Waals surface area contributed by atoms with E-state index in [-0.39, 0.29) is 18.3 Å². The summed E-state index contributed by atoms with van der Waals surface area (Å²) in [6.45, 7) is 8.33. The molecular weight excluding hydrogens is 1310 g/mol. The van der Waals surface area contributed by atoms with Gasteiger partial charge in [0.25, 0.3) is 0 Å². The normalized spacial score (nSPS) is 13.3. The zero-order chi connectivity index (χ0) is 65.8. The third-order valence-corrected chi connectivity index (χ3v) is 21.1. The third kappa shape index (κ3) is 11.9. The molecule has 1 aliphatic heterocycles. The van der Waals surface area contributed by atoms with E-state index in [1.807, 2.05) is 6.07 Å². The molecule has 0 aromatic heterocycles. The molecule has 18 rings (SSSR count). The van der Waals surface area contributed by atoms with Gasteiger partial charge in [-0.3, -0.25) is 0 Å². The summed E-state index contributed by atoms with van der Waals surface area (Å²) in [5.74, 6) is 0. The minimum absolute atomic E-state index is 0.332. The number of hydrogen-bond acceptors (Lipinski definition) is 2. The first-order chi connectivity index (χ1) is 47.4. The fourth-order valence-corrected chi connectivity index (χ4v) is 15.0. The zero-order valence-corrected chi connectivity index (χ0v) is 57.6. The molecule has 1 fully saturated rings. The molecule has 0 radical (unpaired) electrons. The van der Waals surface area contributed by atoms with Crippen molar-refractivity contribution in [1.82, 2.24) is 0 Å². The van der Waals surface area contributed by atoms with Crippen molar-refractivity contribution >= 4 is 66.0 Å². The molecule has 0 spiro atoms. The second-order valence-corrected chi connectivity index (χ2v) is 28.1. The van der Waals surface area contributed by atoms with Crippen molar-refractivity contribution in [2.24, 2.45) is 0 Å². The van der Waals surface area contributed by atoms with Gasteiger partial charge in [0.15, 0.2) is 0 Å². The van der Waals surface area contributed by atoms with Crippen molar-refractivity contribution < 1.29 is 9.31 Å². The highest BCUT2D eigenvalue weighted by Crippen LogP contribution is 2.52. The highest BCUT2D eigenvalue weighted by Gasteiger charge is 2.51. The van der Waals surface area contributed by atoms with Crippen LogP contribution in [0.2, 0.25) is 0 Å². The van der Waals surface area contributed by atoms with E-state index in [2.05, 4.69) is 387 Å². The average Bonchev–Trinajstić information content (AvgIpc) is 1.59. The summed E-state index contributed by atoms with van der Waals surface area (Å²) in [5.41, 5.74) is 30.5. The van der Waals surface area contributed by atoms with Gasteiger partial charge in [0, 0.05) is 8.95 Å². The smallest absolute Gasteiger partial charge is 0.399 e. The summed E-state index contributed by atoms with van der Waals surface area (Å²) in [5, 5.41) is 5.29. The Morgan fingerprint density at radius 1 is 0.227 bits per heavy atom. The van der Waals surface area contributed by atoms with E-state index in [1.54, 1.807) is 0 Å². The molecule has 464 valence electrons. The number of fused-ring (bicyclic) bond motifs is 6. The van der Waals surface area contributed by atoms with Gasteiger partial charge in [0.2, 0.25) is 0 Å². The summed E-state index contributed by atoms with van der Waals surface area (Å²) < 4.78 is 14.7. The number of rotatable bonds is 9. The van der Waals surface area contributed by atoms with Crippen LogP contribution in [-0.4, -0.2) is 18.3 Å². The molecule has 0 N–H and O–H groups in total. The summed E-state index contributed by atoms with van der Waals surface area (Å²) in [7, 11) is -0.341. The molecule has 15 aromatic rings. The van der Waals surface area contributed by atoms with Crippen LogP contribution in [0.5, 0.6) is 0 Å². The Kier molecular flexibility index (Phi) is 16.3. The van der Waals surface area contributed by atoms with E-state index in [9.17, 15) is 0 Å². The minimum atomic E-state index is -0.341. The first-order valence-corrected chi connectivity index (χ1v) is 34.8. The van der Waals surface area contributed by atoms with Crippen LogP contribution in [0, 0.1) is 0 Å².